The van der Waals surface area contributed by atoms with Crippen molar-refractivity contribution >= 4 is 34.8 Å². The second-order valence-electron chi connectivity index (χ2n) is 6.61. The summed E-state index contributed by atoms with van der Waals surface area (Å²) >= 11 is 0. The number of nitro groups is 1. The lowest BCUT2D eigenvalue weighted by molar-refractivity contribution is -0.383. The van der Waals surface area contributed by atoms with Gasteiger partial charge in [0.15, 0.2) is 0 Å². The number of carbonyl (C=O) groups is 3. The van der Waals surface area contributed by atoms with Crippen LogP contribution in [0.1, 0.15) is 27.1 Å². The van der Waals surface area contributed by atoms with E-state index < -0.39 is 16.8 Å². The minimum absolute atomic E-state index is 0.0293. The molecule has 32 heavy (non-hydrogen) atoms. The zero-order chi connectivity index (χ0) is 22.9. The lowest BCUT2D eigenvalue weighted by atomic mass is 10.1. The maximum Gasteiger partial charge on any atom is 0.338 e. The largest absolute Gasteiger partial charge is 0.462 e. The van der Waals surface area contributed by atoms with Crippen molar-refractivity contribution < 1.29 is 24.0 Å². The molecule has 0 aliphatic carbocycles. The standard InChI is InChI=1S/C23H19N3O6/c27-21(14-15-32-23(29)17-6-2-1-3-7-17)24-18-12-10-16(11-13-18)22(28)25-19-8-4-5-9-20(19)26(30)31/h1-13H,14-15H2,(H,24,27)(H,25,28). The maximum absolute atomic E-state index is 12.4. The first kappa shape index (κ1) is 22.2. The summed E-state index contributed by atoms with van der Waals surface area (Å²) in [4.78, 5) is 46.7. The maximum atomic E-state index is 12.4. The van der Waals surface area contributed by atoms with E-state index >= 15 is 0 Å². The topological polar surface area (TPSA) is 128 Å². The normalized spacial score (nSPS) is 10.1. The number of nitro benzene ring substituents is 1. The van der Waals surface area contributed by atoms with Gasteiger partial charge in [-0.2, -0.15) is 0 Å². The summed E-state index contributed by atoms with van der Waals surface area (Å²) in [6.07, 6.45) is -0.0293. The van der Waals surface area contributed by atoms with E-state index in [0.717, 1.165) is 0 Å². The van der Waals surface area contributed by atoms with Gasteiger partial charge in [-0.25, -0.2) is 4.79 Å². The second-order valence-corrected chi connectivity index (χ2v) is 6.61. The Labute approximate surface area is 183 Å². The SMILES string of the molecule is O=C(CCOC(=O)c1ccccc1)Nc1ccc(C(=O)Nc2ccccc2[N+](=O)[O-])cc1. The van der Waals surface area contributed by atoms with Crippen LogP contribution in [0.5, 0.6) is 0 Å². The van der Waals surface area contributed by atoms with Crippen LogP contribution in [0.25, 0.3) is 0 Å². The number of anilines is 2. The van der Waals surface area contributed by atoms with Gasteiger partial charge < -0.3 is 15.4 Å². The molecule has 0 heterocycles. The molecule has 3 aromatic carbocycles. The molecule has 0 spiro atoms. The Kier molecular flexibility index (Phi) is 7.26. The number of para-hydroxylation sites is 2. The molecule has 3 aromatic rings. The summed E-state index contributed by atoms with van der Waals surface area (Å²) in [5.41, 5.74) is 0.995. The highest BCUT2D eigenvalue weighted by molar-refractivity contribution is 6.05. The van der Waals surface area contributed by atoms with Crippen molar-refractivity contribution in [3.63, 3.8) is 0 Å². The van der Waals surface area contributed by atoms with Crippen LogP contribution in [0, 0.1) is 10.1 Å². The first-order valence-corrected chi connectivity index (χ1v) is 9.61. The van der Waals surface area contributed by atoms with Gasteiger partial charge in [-0.15, -0.1) is 0 Å². The molecular weight excluding hydrogens is 414 g/mol. The van der Waals surface area contributed by atoms with E-state index in [2.05, 4.69) is 10.6 Å². The molecule has 0 aliphatic rings. The van der Waals surface area contributed by atoms with Gasteiger partial charge in [0.05, 0.1) is 16.9 Å². The summed E-state index contributed by atoms with van der Waals surface area (Å²) in [6.45, 7) is -0.0735. The van der Waals surface area contributed by atoms with E-state index in [1.54, 1.807) is 36.4 Å². The molecule has 0 bridgehead atoms. The molecule has 0 atom stereocenters. The van der Waals surface area contributed by atoms with Crippen LogP contribution < -0.4 is 10.6 Å². The van der Waals surface area contributed by atoms with Gasteiger partial charge >= 0.3 is 5.97 Å². The summed E-state index contributed by atoms with van der Waals surface area (Å²) in [5, 5.41) is 16.2. The summed E-state index contributed by atoms with van der Waals surface area (Å²) in [7, 11) is 0. The number of hydrogen-bond donors (Lipinski definition) is 2. The smallest absolute Gasteiger partial charge is 0.338 e. The Hall–Kier alpha value is -4.53. The van der Waals surface area contributed by atoms with Crippen LogP contribution in [0.15, 0.2) is 78.9 Å². The molecule has 0 saturated carbocycles. The van der Waals surface area contributed by atoms with E-state index in [9.17, 15) is 24.5 Å². The minimum atomic E-state index is -0.578. The number of hydrogen-bond acceptors (Lipinski definition) is 6. The van der Waals surface area contributed by atoms with Crippen molar-refractivity contribution in [1.29, 1.82) is 0 Å². The van der Waals surface area contributed by atoms with Crippen molar-refractivity contribution in [2.75, 3.05) is 17.2 Å². The molecule has 9 nitrogen and oxygen atoms in total. The average molecular weight is 433 g/mol. The molecule has 3 rings (SSSR count). The van der Waals surface area contributed by atoms with Gasteiger partial charge in [0, 0.05) is 17.3 Å². The molecule has 0 aromatic heterocycles. The Bertz CT molecular complexity index is 1130. The Morgan fingerprint density at radius 2 is 1.47 bits per heavy atom. The zero-order valence-electron chi connectivity index (χ0n) is 16.8. The van der Waals surface area contributed by atoms with E-state index in [0.29, 0.717) is 11.3 Å². The lowest BCUT2D eigenvalue weighted by Gasteiger charge is -2.08. The number of carbonyl (C=O) groups excluding carboxylic acids is 3. The van der Waals surface area contributed by atoms with Gasteiger partial charge in [-0.1, -0.05) is 30.3 Å². The Morgan fingerprint density at radius 1 is 0.812 bits per heavy atom. The first-order valence-electron chi connectivity index (χ1n) is 9.61. The number of esters is 1. The van der Waals surface area contributed by atoms with Gasteiger partial charge in [-0.3, -0.25) is 19.7 Å². The number of nitrogens with zero attached hydrogens (tertiary/aromatic N) is 1. The van der Waals surface area contributed by atoms with Crippen LogP contribution in [0.4, 0.5) is 17.1 Å². The summed E-state index contributed by atoms with van der Waals surface area (Å²) in [6, 6.07) is 20.3. The summed E-state index contributed by atoms with van der Waals surface area (Å²) < 4.78 is 5.07. The van der Waals surface area contributed by atoms with Crippen molar-refractivity contribution in [2.24, 2.45) is 0 Å². The average Bonchev–Trinajstić information content (AvgIpc) is 2.80. The quantitative estimate of drug-likeness (QED) is 0.314. The van der Waals surface area contributed by atoms with Crippen LogP contribution >= 0.6 is 0 Å². The van der Waals surface area contributed by atoms with E-state index in [-0.39, 0.29) is 35.9 Å². The number of amides is 2. The highest BCUT2D eigenvalue weighted by Gasteiger charge is 2.16. The Morgan fingerprint density at radius 3 is 2.16 bits per heavy atom. The van der Waals surface area contributed by atoms with Gasteiger partial charge in [0.1, 0.15) is 12.3 Å². The van der Waals surface area contributed by atoms with Gasteiger partial charge in [0.25, 0.3) is 11.6 Å². The third kappa shape index (κ3) is 5.99. The lowest BCUT2D eigenvalue weighted by Crippen LogP contribution is -2.16. The van der Waals surface area contributed by atoms with E-state index in [4.69, 9.17) is 4.74 Å². The highest BCUT2D eigenvalue weighted by Crippen LogP contribution is 2.24. The number of rotatable bonds is 8. The molecule has 2 N–H and O–H groups in total. The second kappa shape index (κ2) is 10.5. The molecule has 0 radical (unpaired) electrons. The Balaban J connectivity index is 1.50. The monoisotopic (exact) mass is 433 g/mol. The van der Waals surface area contributed by atoms with Crippen LogP contribution in [-0.2, 0) is 9.53 Å². The van der Waals surface area contributed by atoms with Crippen molar-refractivity contribution in [1.82, 2.24) is 0 Å². The zero-order valence-corrected chi connectivity index (χ0v) is 16.8. The van der Waals surface area contributed by atoms with Crippen LogP contribution in [-0.4, -0.2) is 29.3 Å². The fourth-order valence-corrected chi connectivity index (χ4v) is 2.76. The van der Waals surface area contributed by atoms with Crippen molar-refractivity contribution in [2.45, 2.75) is 6.42 Å². The molecule has 0 saturated heterocycles. The highest BCUT2D eigenvalue weighted by atomic mass is 16.6. The molecule has 9 heteroatoms. The molecule has 2 amide bonds. The molecule has 0 unspecified atom stereocenters. The third-order valence-electron chi connectivity index (χ3n) is 4.35. The van der Waals surface area contributed by atoms with E-state index in [1.165, 1.54) is 42.5 Å². The van der Waals surface area contributed by atoms with Gasteiger partial charge in [-0.05, 0) is 42.5 Å². The molecule has 0 fully saturated rings. The first-order chi connectivity index (χ1) is 15.4. The number of nitrogens with one attached hydrogen (secondary N) is 2. The van der Waals surface area contributed by atoms with Crippen LogP contribution in [0.2, 0.25) is 0 Å². The molecule has 162 valence electrons. The predicted octanol–water partition coefficient (Wildman–Crippen LogP) is 4.03. The van der Waals surface area contributed by atoms with Gasteiger partial charge in [0.2, 0.25) is 5.91 Å². The fraction of sp³-hybridized carbons (Fsp3) is 0.0870. The fourth-order valence-electron chi connectivity index (χ4n) is 2.76. The number of ether oxygens (including phenoxy) is 1. The predicted molar refractivity (Wildman–Crippen MR) is 117 cm³/mol. The van der Waals surface area contributed by atoms with E-state index in [1.807, 2.05) is 0 Å². The minimum Gasteiger partial charge on any atom is -0.462 e. The molecular formula is C23H19N3O6. The van der Waals surface area contributed by atoms with Crippen LogP contribution in [0.3, 0.4) is 0 Å². The summed E-state index contributed by atoms with van der Waals surface area (Å²) in [5.74, 6) is -1.39. The third-order valence-corrected chi connectivity index (χ3v) is 4.35. The molecule has 0 aliphatic heterocycles. The van der Waals surface area contributed by atoms with Crippen molar-refractivity contribution in [3.05, 3.63) is 100 Å². The van der Waals surface area contributed by atoms with Crippen molar-refractivity contribution in [3.8, 4) is 0 Å². The number of benzene rings is 3.